The lowest BCUT2D eigenvalue weighted by atomic mass is 9.58. The Morgan fingerprint density at radius 2 is 1.84 bits per heavy atom. The molecule has 0 aromatic heterocycles. The lowest BCUT2D eigenvalue weighted by molar-refractivity contribution is -0.578. The minimum Gasteiger partial charge on any atom is -0.343 e. The molecular formula is C17H25F3O5. The summed E-state index contributed by atoms with van der Waals surface area (Å²) < 4.78 is 54.8. The first-order valence-electron chi connectivity index (χ1n) is 9.03. The van der Waals surface area contributed by atoms with Crippen LogP contribution in [0.2, 0.25) is 0 Å². The number of fused-ring (bicyclic) bond motifs is 2. The molecule has 4 saturated heterocycles. The summed E-state index contributed by atoms with van der Waals surface area (Å²) in [4.78, 5) is 11.6. The van der Waals surface area contributed by atoms with E-state index >= 15 is 0 Å². The van der Waals surface area contributed by atoms with Crippen LogP contribution in [0.4, 0.5) is 13.2 Å². The van der Waals surface area contributed by atoms with E-state index in [-0.39, 0.29) is 17.8 Å². The maximum absolute atomic E-state index is 12.6. The number of hydrogen-bond donors (Lipinski definition) is 0. The van der Waals surface area contributed by atoms with Crippen molar-refractivity contribution >= 4 is 0 Å². The molecule has 25 heavy (non-hydrogen) atoms. The minimum absolute atomic E-state index is 0.0340. The molecule has 0 aromatic carbocycles. The van der Waals surface area contributed by atoms with E-state index in [4.69, 9.17) is 24.0 Å². The van der Waals surface area contributed by atoms with E-state index < -0.39 is 36.8 Å². The fourth-order valence-electron chi connectivity index (χ4n) is 5.24. The Morgan fingerprint density at radius 3 is 2.56 bits per heavy atom. The molecule has 8 atom stereocenters. The number of alkyl halides is 3. The third-order valence-corrected chi connectivity index (χ3v) is 6.51. The molecule has 144 valence electrons. The number of hydrogen-bond acceptors (Lipinski definition) is 5. The van der Waals surface area contributed by atoms with Crippen LogP contribution in [-0.4, -0.2) is 36.8 Å². The first-order chi connectivity index (χ1) is 11.6. The minimum atomic E-state index is -4.39. The SMILES string of the molecule is C[C@@H]1[C@H](OCC(F)(F)F)O[C@@H]2O[C@@]3(C)CC[C@H]4[C@H](C)CC[C@@H]1[C@@]24OO3. The zero-order valence-corrected chi connectivity index (χ0v) is 14.7. The summed E-state index contributed by atoms with van der Waals surface area (Å²) in [5.41, 5.74) is -0.773. The Hall–Kier alpha value is -0.410. The molecule has 5 nitrogen and oxygen atoms in total. The van der Waals surface area contributed by atoms with Gasteiger partial charge in [0, 0.05) is 18.3 Å². The highest BCUT2D eigenvalue weighted by atomic mass is 19.4. The first-order valence-corrected chi connectivity index (χ1v) is 9.03. The van der Waals surface area contributed by atoms with Crippen LogP contribution in [0, 0.1) is 23.7 Å². The Labute approximate surface area is 145 Å². The lowest BCUT2D eigenvalue weighted by Crippen LogP contribution is -2.70. The van der Waals surface area contributed by atoms with E-state index in [0.29, 0.717) is 12.3 Å². The van der Waals surface area contributed by atoms with E-state index in [2.05, 4.69) is 6.92 Å². The zero-order valence-electron chi connectivity index (χ0n) is 14.7. The standard InChI is InChI=1S/C17H25F3O5/c1-9-4-5-12-10(2)13(21-8-16(18,19)20)22-14-17(12)11(9)6-7-15(3,23-14)24-25-17/h9-14H,4-8H2,1-3H3/t9-,10+,11+,12+,13-,14-,15-,17-/m1/s1. The maximum Gasteiger partial charge on any atom is 0.411 e. The van der Waals surface area contributed by atoms with Gasteiger partial charge >= 0.3 is 6.18 Å². The van der Waals surface area contributed by atoms with E-state index in [1.807, 2.05) is 6.92 Å². The third-order valence-electron chi connectivity index (χ3n) is 6.51. The molecule has 5 fully saturated rings. The van der Waals surface area contributed by atoms with Gasteiger partial charge in [-0.1, -0.05) is 13.8 Å². The molecule has 1 aliphatic carbocycles. The van der Waals surface area contributed by atoms with Crippen LogP contribution in [-0.2, 0) is 24.0 Å². The van der Waals surface area contributed by atoms with Gasteiger partial charge in [0.2, 0.25) is 5.79 Å². The molecule has 4 heterocycles. The fraction of sp³-hybridized carbons (Fsp3) is 1.00. The summed E-state index contributed by atoms with van der Waals surface area (Å²) >= 11 is 0. The number of halogens is 3. The summed E-state index contributed by atoms with van der Waals surface area (Å²) in [6.07, 6.45) is -2.76. The number of rotatable bonds is 2. The van der Waals surface area contributed by atoms with Crippen LogP contribution >= 0.6 is 0 Å². The fourth-order valence-corrected chi connectivity index (χ4v) is 5.24. The van der Waals surface area contributed by atoms with Gasteiger partial charge in [-0.15, -0.1) is 0 Å². The topological polar surface area (TPSA) is 46.2 Å². The predicted octanol–water partition coefficient (Wildman–Crippen LogP) is 3.77. The van der Waals surface area contributed by atoms with Gasteiger partial charge in [-0.3, -0.25) is 0 Å². The Kier molecular flexibility index (Phi) is 4.16. The van der Waals surface area contributed by atoms with Crippen molar-refractivity contribution in [3.8, 4) is 0 Å². The van der Waals surface area contributed by atoms with Crippen LogP contribution in [0.15, 0.2) is 0 Å². The Bertz CT molecular complexity index is 529. The van der Waals surface area contributed by atoms with E-state index in [9.17, 15) is 13.2 Å². The smallest absolute Gasteiger partial charge is 0.343 e. The van der Waals surface area contributed by atoms with Gasteiger partial charge in [0.1, 0.15) is 6.61 Å². The highest BCUT2D eigenvalue weighted by Crippen LogP contribution is 2.60. The largest absolute Gasteiger partial charge is 0.411 e. The van der Waals surface area contributed by atoms with Crippen molar-refractivity contribution in [2.75, 3.05) is 6.61 Å². The first kappa shape index (κ1) is 18.0. The average molecular weight is 366 g/mol. The summed E-state index contributed by atoms with van der Waals surface area (Å²) in [5, 5.41) is 0. The molecule has 1 saturated carbocycles. The average Bonchev–Trinajstić information content (AvgIpc) is 2.75. The molecule has 1 spiro atoms. The van der Waals surface area contributed by atoms with Gasteiger partial charge in [-0.25, -0.2) is 9.78 Å². The molecule has 4 aliphatic heterocycles. The van der Waals surface area contributed by atoms with Crippen LogP contribution in [0.25, 0.3) is 0 Å². The van der Waals surface area contributed by atoms with Crippen molar-refractivity contribution in [1.29, 1.82) is 0 Å². The second kappa shape index (κ2) is 5.79. The Morgan fingerprint density at radius 1 is 1.08 bits per heavy atom. The molecule has 0 N–H and O–H groups in total. The quantitative estimate of drug-likeness (QED) is 0.696. The summed E-state index contributed by atoms with van der Waals surface area (Å²) in [6.45, 7) is 4.51. The molecule has 8 heteroatoms. The normalized spacial score (nSPS) is 52.6. The lowest BCUT2D eigenvalue weighted by Gasteiger charge is -2.60. The van der Waals surface area contributed by atoms with Gasteiger partial charge in [0.15, 0.2) is 18.2 Å². The predicted molar refractivity (Wildman–Crippen MR) is 78.8 cm³/mol. The Balaban J connectivity index is 1.65. The highest BCUT2D eigenvalue weighted by molar-refractivity contribution is 5.09. The monoisotopic (exact) mass is 366 g/mol. The highest BCUT2D eigenvalue weighted by Gasteiger charge is 2.69. The van der Waals surface area contributed by atoms with E-state index in [1.165, 1.54) is 0 Å². The van der Waals surface area contributed by atoms with E-state index in [1.54, 1.807) is 6.92 Å². The third kappa shape index (κ3) is 2.81. The summed E-state index contributed by atoms with van der Waals surface area (Å²) in [7, 11) is 0. The molecule has 2 bridgehead atoms. The second-order valence-electron chi connectivity index (χ2n) is 8.20. The van der Waals surface area contributed by atoms with Crippen molar-refractivity contribution in [3.05, 3.63) is 0 Å². The van der Waals surface area contributed by atoms with Gasteiger partial charge < -0.3 is 14.2 Å². The van der Waals surface area contributed by atoms with Gasteiger partial charge in [0.25, 0.3) is 0 Å². The molecular weight excluding hydrogens is 341 g/mol. The summed E-state index contributed by atoms with van der Waals surface area (Å²) in [6, 6.07) is 0. The van der Waals surface area contributed by atoms with Crippen LogP contribution in [0.3, 0.4) is 0 Å². The molecule has 0 amide bonds. The van der Waals surface area contributed by atoms with Gasteiger partial charge in [0.05, 0.1) is 0 Å². The molecule has 0 radical (unpaired) electrons. The van der Waals surface area contributed by atoms with Crippen molar-refractivity contribution < 1.29 is 37.2 Å². The van der Waals surface area contributed by atoms with E-state index in [0.717, 1.165) is 19.3 Å². The summed E-state index contributed by atoms with van der Waals surface area (Å²) in [5.74, 6) is -0.620. The number of ether oxygens (including phenoxy) is 3. The molecule has 0 unspecified atom stereocenters. The zero-order chi connectivity index (χ0) is 18.0. The van der Waals surface area contributed by atoms with Gasteiger partial charge in [-0.2, -0.15) is 13.2 Å². The second-order valence-corrected chi connectivity index (χ2v) is 8.20. The van der Waals surface area contributed by atoms with Crippen molar-refractivity contribution in [1.82, 2.24) is 0 Å². The van der Waals surface area contributed by atoms with Gasteiger partial charge in [-0.05, 0) is 38.0 Å². The molecule has 5 rings (SSSR count). The van der Waals surface area contributed by atoms with Crippen molar-refractivity contribution in [2.24, 2.45) is 23.7 Å². The van der Waals surface area contributed by atoms with Crippen molar-refractivity contribution in [3.63, 3.8) is 0 Å². The molecule has 5 aliphatic rings. The molecule has 0 aromatic rings. The maximum atomic E-state index is 12.6. The van der Waals surface area contributed by atoms with Crippen LogP contribution in [0.5, 0.6) is 0 Å². The van der Waals surface area contributed by atoms with Crippen LogP contribution in [0.1, 0.15) is 46.5 Å². The van der Waals surface area contributed by atoms with Crippen LogP contribution < -0.4 is 0 Å². The van der Waals surface area contributed by atoms with Crippen molar-refractivity contribution in [2.45, 2.75) is 76.6 Å².